The van der Waals surface area contributed by atoms with E-state index in [4.69, 9.17) is 11.6 Å². The Labute approximate surface area is 105 Å². The highest BCUT2D eigenvalue weighted by atomic mass is 35.5. The van der Waals surface area contributed by atoms with Crippen molar-refractivity contribution in [2.24, 2.45) is 0 Å². The molecule has 3 heteroatoms. The predicted octanol–water partition coefficient (Wildman–Crippen LogP) is 4.10. The minimum atomic E-state index is 0.207. The highest BCUT2D eigenvalue weighted by Gasteiger charge is 2.16. The Bertz CT molecular complexity index is 438. The van der Waals surface area contributed by atoms with E-state index < -0.39 is 0 Å². The van der Waals surface area contributed by atoms with Crippen molar-refractivity contribution in [3.8, 4) is 0 Å². The summed E-state index contributed by atoms with van der Waals surface area (Å²) in [5, 5.41) is 6.35. The summed E-state index contributed by atoms with van der Waals surface area (Å²) in [6.07, 6.45) is 0. The van der Waals surface area contributed by atoms with E-state index in [1.54, 1.807) is 11.3 Å². The first-order valence-corrected chi connectivity index (χ1v) is 6.60. The highest BCUT2D eigenvalue weighted by molar-refractivity contribution is 7.10. The Kier molecular flexibility index (Phi) is 3.99. The molecule has 0 amide bonds. The second-order valence-electron chi connectivity index (χ2n) is 3.53. The molecule has 84 valence electrons. The molecule has 0 radical (unpaired) electrons. The maximum Gasteiger partial charge on any atom is 0.0686 e. The summed E-state index contributed by atoms with van der Waals surface area (Å²) < 4.78 is 0. The zero-order chi connectivity index (χ0) is 11.4. The van der Waals surface area contributed by atoms with E-state index in [2.05, 4.69) is 36.5 Å². The van der Waals surface area contributed by atoms with Crippen molar-refractivity contribution in [3.05, 3.63) is 57.2 Å². The Hall–Kier alpha value is -0.830. The molecule has 0 aliphatic heterocycles. The standard InChI is InChI=1S/C13H14ClNS/c1-2-15-12(10-6-4-3-5-7-10)13-11(14)8-9-16-13/h3-9,12,15H,2H2,1H3. The van der Waals surface area contributed by atoms with Gasteiger partial charge in [0.25, 0.3) is 0 Å². The lowest BCUT2D eigenvalue weighted by Crippen LogP contribution is -2.21. The Balaban J connectivity index is 2.35. The van der Waals surface area contributed by atoms with E-state index >= 15 is 0 Å². The number of benzene rings is 1. The average molecular weight is 252 g/mol. The van der Waals surface area contributed by atoms with Crippen LogP contribution in [0.2, 0.25) is 5.02 Å². The van der Waals surface area contributed by atoms with Crippen LogP contribution in [0.25, 0.3) is 0 Å². The molecule has 1 atom stereocenters. The van der Waals surface area contributed by atoms with E-state index in [-0.39, 0.29) is 6.04 Å². The number of hydrogen-bond acceptors (Lipinski definition) is 2. The molecule has 0 fully saturated rings. The van der Waals surface area contributed by atoms with Gasteiger partial charge >= 0.3 is 0 Å². The van der Waals surface area contributed by atoms with E-state index in [0.29, 0.717) is 0 Å². The second kappa shape index (κ2) is 5.48. The molecular weight excluding hydrogens is 238 g/mol. The molecule has 2 rings (SSSR count). The Morgan fingerprint density at radius 1 is 1.25 bits per heavy atom. The molecule has 1 aromatic heterocycles. The molecule has 2 aromatic rings. The van der Waals surface area contributed by atoms with Crippen LogP contribution >= 0.6 is 22.9 Å². The first kappa shape index (κ1) is 11.6. The smallest absolute Gasteiger partial charge is 0.0686 e. The second-order valence-corrected chi connectivity index (χ2v) is 4.89. The van der Waals surface area contributed by atoms with Crippen LogP contribution in [-0.2, 0) is 0 Å². The Morgan fingerprint density at radius 2 is 2.00 bits per heavy atom. The zero-order valence-corrected chi connectivity index (χ0v) is 10.7. The average Bonchev–Trinajstić information content (AvgIpc) is 2.73. The van der Waals surface area contributed by atoms with Gasteiger partial charge in [0.15, 0.2) is 0 Å². The lowest BCUT2D eigenvalue weighted by atomic mass is 10.1. The fourth-order valence-electron chi connectivity index (χ4n) is 1.72. The van der Waals surface area contributed by atoms with Crippen LogP contribution in [0.1, 0.15) is 23.4 Å². The number of halogens is 1. The summed E-state index contributed by atoms with van der Waals surface area (Å²) in [4.78, 5) is 1.19. The number of hydrogen-bond donors (Lipinski definition) is 1. The number of rotatable bonds is 4. The fraction of sp³-hybridized carbons (Fsp3) is 0.231. The van der Waals surface area contributed by atoms with Crippen molar-refractivity contribution in [3.63, 3.8) is 0 Å². The first-order chi connectivity index (χ1) is 7.83. The van der Waals surface area contributed by atoms with Gasteiger partial charge in [-0.15, -0.1) is 11.3 Å². The third-order valence-corrected chi connectivity index (χ3v) is 3.87. The minimum absolute atomic E-state index is 0.207. The zero-order valence-electron chi connectivity index (χ0n) is 9.11. The third-order valence-electron chi connectivity index (χ3n) is 2.45. The van der Waals surface area contributed by atoms with Crippen molar-refractivity contribution < 1.29 is 0 Å². The van der Waals surface area contributed by atoms with Crippen LogP contribution in [0.15, 0.2) is 41.8 Å². The summed E-state index contributed by atoms with van der Waals surface area (Å²) in [6, 6.07) is 12.6. The monoisotopic (exact) mass is 251 g/mol. The van der Waals surface area contributed by atoms with Gasteiger partial charge in [-0.2, -0.15) is 0 Å². The van der Waals surface area contributed by atoms with Gasteiger partial charge < -0.3 is 5.32 Å². The molecule has 1 aromatic carbocycles. The van der Waals surface area contributed by atoms with Crippen LogP contribution in [0, 0.1) is 0 Å². The molecule has 0 spiro atoms. The SMILES string of the molecule is CCNC(c1ccccc1)c1sccc1Cl. The predicted molar refractivity (Wildman–Crippen MR) is 71.3 cm³/mol. The van der Waals surface area contributed by atoms with Gasteiger partial charge in [-0.25, -0.2) is 0 Å². The van der Waals surface area contributed by atoms with Crippen molar-refractivity contribution in [1.29, 1.82) is 0 Å². The number of thiophene rings is 1. The first-order valence-electron chi connectivity index (χ1n) is 5.34. The van der Waals surface area contributed by atoms with Crippen molar-refractivity contribution in [1.82, 2.24) is 5.32 Å². The lowest BCUT2D eigenvalue weighted by molar-refractivity contribution is 0.640. The summed E-state index contributed by atoms with van der Waals surface area (Å²) >= 11 is 7.89. The van der Waals surface area contributed by atoms with Gasteiger partial charge in [0, 0.05) is 4.88 Å². The molecule has 0 aliphatic carbocycles. The topological polar surface area (TPSA) is 12.0 Å². The molecule has 0 bridgehead atoms. The largest absolute Gasteiger partial charge is 0.306 e. The van der Waals surface area contributed by atoms with Crippen molar-refractivity contribution >= 4 is 22.9 Å². The lowest BCUT2D eigenvalue weighted by Gasteiger charge is -2.17. The van der Waals surface area contributed by atoms with Gasteiger partial charge in [-0.3, -0.25) is 0 Å². The van der Waals surface area contributed by atoms with Crippen LogP contribution in [0.5, 0.6) is 0 Å². The molecule has 1 nitrogen and oxygen atoms in total. The van der Waals surface area contributed by atoms with Crippen LogP contribution in [-0.4, -0.2) is 6.54 Å². The van der Waals surface area contributed by atoms with Crippen molar-refractivity contribution in [2.75, 3.05) is 6.54 Å². The van der Waals surface area contributed by atoms with Gasteiger partial charge in [0.05, 0.1) is 11.1 Å². The summed E-state index contributed by atoms with van der Waals surface area (Å²) in [7, 11) is 0. The molecule has 0 saturated carbocycles. The van der Waals surface area contributed by atoms with E-state index in [1.165, 1.54) is 10.4 Å². The summed E-state index contributed by atoms with van der Waals surface area (Å²) in [5.74, 6) is 0. The molecule has 0 saturated heterocycles. The quantitative estimate of drug-likeness (QED) is 0.863. The maximum absolute atomic E-state index is 6.19. The van der Waals surface area contributed by atoms with E-state index in [0.717, 1.165) is 11.6 Å². The van der Waals surface area contributed by atoms with Gasteiger partial charge in [0.2, 0.25) is 0 Å². The molecule has 1 heterocycles. The van der Waals surface area contributed by atoms with Crippen LogP contribution in [0.3, 0.4) is 0 Å². The fourth-order valence-corrected chi connectivity index (χ4v) is 2.99. The minimum Gasteiger partial charge on any atom is -0.306 e. The van der Waals surface area contributed by atoms with Gasteiger partial charge in [-0.1, -0.05) is 48.9 Å². The molecule has 1 N–H and O–H groups in total. The van der Waals surface area contributed by atoms with Crippen LogP contribution < -0.4 is 5.32 Å². The normalized spacial score (nSPS) is 12.6. The van der Waals surface area contributed by atoms with Gasteiger partial charge in [0.1, 0.15) is 0 Å². The molecule has 16 heavy (non-hydrogen) atoms. The molecule has 1 unspecified atom stereocenters. The summed E-state index contributed by atoms with van der Waals surface area (Å²) in [5.41, 5.74) is 1.26. The van der Waals surface area contributed by atoms with E-state index in [9.17, 15) is 0 Å². The van der Waals surface area contributed by atoms with Gasteiger partial charge in [-0.05, 0) is 23.6 Å². The Morgan fingerprint density at radius 3 is 2.56 bits per heavy atom. The summed E-state index contributed by atoms with van der Waals surface area (Å²) in [6.45, 7) is 3.03. The van der Waals surface area contributed by atoms with Crippen LogP contribution in [0.4, 0.5) is 0 Å². The van der Waals surface area contributed by atoms with Crippen molar-refractivity contribution in [2.45, 2.75) is 13.0 Å². The third kappa shape index (κ3) is 2.46. The highest BCUT2D eigenvalue weighted by Crippen LogP contribution is 2.32. The number of nitrogens with one attached hydrogen (secondary N) is 1. The molecular formula is C13H14ClNS. The molecule has 0 aliphatic rings. The maximum atomic E-state index is 6.19. The van der Waals surface area contributed by atoms with E-state index in [1.807, 2.05) is 17.5 Å².